The molecule has 3 aromatic carbocycles. The number of thiazole rings is 1. The predicted molar refractivity (Wildman–Crippen MR) is 167 cm³/mol. The number of halogens is 1. The van der Waals surface area contributed by atoms with Gasteiger partial charge in [-0.3, -0.25) is 14.2 Å². The van der Waals surface area contributed by atoms with E-state index in [1.807, 2.05) is 87.5 Å². The van der Waals surface area contributed by atoms with Crippen LogP contribution in [0.1, 0.15) is 43.5 Å². The third-order valence-corrected chi connectivity index (χ3v) is 8.47. The molecule has 4 aromatic rings. The van der Waals surface area contributed by atoms with E-state index in [0.717, 1.165) is 28.2 Å². The first-order valence-corrected chi connectivity index (χ1v) is 15.0. The molecule has 1 aliphatic rings. The maximum Gasteiger partial charge on any atom is 0.271 e. The number of hydrogen-bond acceptors (Lipinski definition) is 6. The Morgan fingerprint density at radius 3 is 2.26 bits per heavy atom. The molecule has 1 atom stereocenters. The second-order valence-corrected chi connectivity index (χ2v) is 11.3. The van der Waals surface area contributed by atoms with Gasteiger partial charge in [0.05, 0.1) is 29.0 Å². The number of amides is 1. The number of hydrogen-bond donors (Lipinski definition) is 0. The van der Waals surface area contributed by atoms with Crippen molar-refractivity contribution in [2.45, 2.75) is 33.4 Å². The first-order chi connectivity index (χ1) is 20.3. The van der Waals surface area contributed by atoms with Crippen molar-refractivity contribution in [3.05, 3.63) is 125 Å². The number of carbonyl (C=O) groups excluding carboxylic acids is 1. The van der Waals surface area contributed by atoms with Gasteiger partial charge in [-0.15, -0.1) is 0 Å². The summed E-state index contributed by atoms with van der Waals surface area (Å²) < 4.78 is 13.3. The van der Waals surface area contributed by atoms with Crippen molar-refractivity contribution in [1.82, 2.24) is 9.47 Å². The van der Waals surface area contributed by atoms with Crippen molar-refractivity contribution in [3.63, 3.8) is 0 Å². The third kappa shape index (κ3) is 6.05. The average Bonchev–Trinajstić information content (AvgIpc) is 3.31. The molecule has 42 heavy (non-hydrogen) atoms. The van der Waals surface area contributed by atoms with Gasteiger partial charge in [0.15, 0.2) is 4.80 Å². The quantitative estimate of drug-likeness (QED) is 0.259. The molecule has 7 nitrogen and oxygen atoms in total. The number of allylic oxidation sites excluding steroid dienone is 1. The molecular formula is C33H32ClN3O4S. The van der Waals surface area contributed by atoms with Crippen LogP contribution in [0.5, 0.6) is 11.5 Å². The number of aromatic nitrogens is 1. The fourth-order valence-electron chi connectivity index (χ4n) is 4.94. The van der Waals surface area contributed by atoms with Gasteiger partial charge in [0, 0.05) is 18.1 Å². The summed E-state index contributed by atoms with van der Waals surface area (Å²) in [5.74, 6) is 1.40. The molecule has 0 N–H and O–H groups in total. The fraction of sp³-hybridized carbons (Fsp3) is 0.242. The molecule has 0 saturated heterocycles. The topological polar surface area (TPSA) is 73.1 Å². The number of nitrogens with zero attached hydrogens (tertiary/aromatic N) is 3. The number of likely N-dealkylation sites (N-methyl/N-ethyl adjacent to an activating group) is 1. The van der Waals surface area contributed by atoms with Crippen molar-refractivity contribution < 1.29 is 14.3 Å². The van der Waals surface area contributed by atoms with E-state index in [1.54, 1.807) is 28.7 Å². The molecule has 0 radical (unpaired) electrons. The molecule has 2 heterocycles. The van der Waals surface area contributed by atoms with Gasteiger partial charge in [0.25, 0.3) is 11.5 Å². The highest BCUT2D eigenvalue weighted by Crippen LogP contribution is 2.32. The average molecular weight is 602 g/mol. The monoisotopic (exact) mass is 601 g/mol. The summed E-state index contributed by atoms with van der Waals surface area (Å²) in [5, 5.41) is 0.583. The van der Waals surface area contributed by atoms with Gasteiger partial charge in [0.2, 0.25) is 0 Å². The molecular weight excluding hydrogens is 570 g/mol. The molecule has 1 aromatic heterocycles. The van der Waals surface area contributed by atoms with Gasteiger partial charge in [0.1, 0.15) is 18.1 Å². The zero-order valence-corrected chi connectivity index (χ0v) is 25.5. The van der Waals surface area contributed by atoms with Crippen molar-refractivity contribution in [2.24, 2.45) is 4.99 Å². The SMILES string of the molecule is CCN(CC)C(=O)C1=C(C)N=c2s/c(=C/c3ccc(OCc4ccc(OC)cc4)cc3)c(=O)n2[C@H]1c1ccc(Cl)cc1. The molecule has 0 fully saturated rings. The van der Waals surface area contributed by atoms with Crippen molar-refractivity contribution in [2.75, 3.05) is 20.2 Å². The van der Waals surface area contributed by atoms with Crippen LogP contribution in [0.2, 0.25) is 5.02 Å². The molecule has 216 valence electrons. The van der Waals surface area contributed by atoms with Gasteiger partial charge >= 0.3 is 0 Å². The molecule has 0 unspecified atom stereocenters. The van der Waals surface area contributed by atoms with Gasteiger partial charge in [-0.25, -0.2) is 4.99 Å². The van der Waals surface area contributed by atoms with Gasteiger partial charge in [-0.2, -0.15) is 0 Å². The van der Waals surface area contributed by atoms with Gasteiger partial charge in [-0.05, 0) is 79.9 Å². The Kier molecular flexibility index (Phi) is 8.94. The Morgan fingerprint density at radius 1 is 1.00 bits per heavy atom. The second kappa shape index (κ2) is 12.8. The minimum atomic E-state index is -0.609. The summed E-state index contributed by atoms with van der Waals surface area (Å²) >= 11 is 7.49. The van der Waals surface area contributed by atoms with Gasteiger partial charge in [-0.1, -0.05) is 59.3 Å². The number of rotatable bonds is 9. The third-order valence-electron chi connectivity index (χ3n) is 7.23. The van der Waals surface area contributed by atoms with Crippen LogP contribution in [0, 0.1) is 0 Å². The summed E-state index contributed by atoms with van der Waals surface area (Å²) in [7, 11) is 1.64. The lowest BCUT2D eigenvalue weighted by Crippen LogP contribution is -2.43. The Labute approximate surface area is 253 Å². The Bertz CT molecular complexity index is 1790. The van der Waals surface area contributed by atoms with E-state index < -0.39 is 6.04 Å². The molecule has 0 bridgehead atoms. The standard InChI is InChI=1S/C33H32ClN3O4S/c1-5-36(6-2)32(39)29-21(3)35-33-37(30(29)24-11-13-25(34)14-12-24)31(38)28(42-33)19-22-7-17-27(18-8-22)41-20-23-9-15-26(40-4)16-10-23/h7-19,30H,5-6,20H2,1-4H3/b28-19+/t30-/m0/s1. The van der Waals surface area contributed by atoms with Crippen LogP contribution in [0.25, 0.3) is 6.08 Å². The molecule has 0 saturated carbocycles. The first kappa shape index (κ1) is 29.4. The molecule has 9 heteroatoms. The number of carbonyl (C=O) groups is 1. The number of methoxy groups -OCH3 is 1. The minimum absolute atomic E-state index is 0.124. The van der Waals surface area contributed by atoms with Crippen molar-refractivity contribution in [1.29, 1.82) is 0 Å². The van der Waals surface area contributed by atoms with Gasteiger partial charge < -0.3 is 14.4 Å². The highest BCUT2D eigenvalue weighted by Gasteiger charge is 2.34. The molecule has 0 spiro atoms. The van der Waals surface area contributed by atoms with Crippen LogP contribution in [0.3, 0.4) is 0 Å². The Balaban J connectivity index is 1.48. The summed E-state index contributed by atoms with van der Waals surface area (Å²) in [6, 6.07) is 22.0. The summed E-state index contributed by atoms with van der Waals surface area (Å²) in [4.78, 5) is 34.6. The summed E-state index contributed by atoms with van der Waals surface area (Å²) in [6.07, 6.45) is 1.85. The summed E-state index contributed by atoms with van der Waals surface area (Å²) in [5.41, 5.74) is 3.60. The zero-order valence-electron chi connectivity index (χ0n) is 24.0. The normalized spacial score (nSPS) is 14.8. The van der Waals surface area contributed by atoms with Crippen molar-refractivity contribution >= 4 is 34.9 Å². The lowest BCUT2D eigenvalue weighted by Gasteiger charge is -2.29. The predicted octanol–water partition coefficient (Wildman–Crippen LogP) is 5.34. The van der Waals surface area contributed by atoms with Crippen LogP contribution < -0.4 is 24.4 Å². The molecule has 0 aliphatic carbocycles. The van der Waals surface area contributed by atoms with E-state index in [2.05, 4.69) is 0 Å². The Morgan fingerprint density at radius 2 is 1.64 bits per heavy atom. The van der Waals surface area contributed by atoms with E-state index in [9.17, 15) is 9.59 Å². The van der Waals surface area contributed by atoms with Crippen LogP contribution in [-0.4, -0.2) is 35.6 Å². The van der Waals surface area contributed by atoms with Crippen LogP contribution in [0.15, 0.2) is 93.9 Å². The maximum absolute atomic E-state index is 13.9. The Hall–Kier alpha value is -4.14. The van der Waals surface area contributed by atoms with E-state index in [4.69, 9.17) is 26.1 Å². The number of benzene rings is 3. The lowest BCUT2D eigenvalue weighted by molar-refractivity contribution is -0.127. The van der Waals surface area contributed by atoms with Crippen molar-refractivity contribution in [3.8, 4) is 11.5 Å². The van der Waals surface area contributed by atoms with Crippen LogP contribution >= 0.6 is 22.9 Å². The highest BCUT2D eigenvalue weighted by atomic mass is 35.5. The molecule has 1 aliphatic heterocycles. The summed E-state index contributed by atoms with van der Waals surface area (Å²) in [6.45, 7) is 7.27. The fourth-order valence-corrected chi connectivity index (χ4v) is 6.11. The van der Waals surface area contributed by atoms with E-state index in [1.165, 1.54) is 11.3 Å². The zero-order chi connectivity index (χ0) is 29.8. The molecule has 5 rings (SSSR count). The number of fused-ring (bicyclic) bond motifs is 1. The van der Waals surface area contributed by atoms with E-state index >= 15 is 0 Å². The minimum Gasteiger partial charge on any atom is -0.497 e. The second-order valence-electron chi connectivity index (χ2n) is 9.82. The first-order valence-electron chi connectivity index (χ1n) is 13.8. The maximum atomic E-state index is 13.9. The molecule has 1 amide bonds. The highest BCUT2D eigenvalue weighted by molar-refractivity contribution is 7.07. The van der Waals surface area contributed by atoms with E-state index in [0.29, 0.717) is 45.3 Å². The van der Waals surface area contributed by atoms with Crippen LogP contribution in [-0.2, 0) is 11.4 Å². The largest absolute Gasteiger partial charge is 0.497 e. The lowest BCUT2D eigenvalue weighted by atomic mass is 9.94. The van der Waals surface area contributed by atoms with E-state index in [-0.39, 0.29) is 11.5 Å². The smallest absolute Gasteiger partial charge is 0.271 e. The number of ether oxygens (including phenoxy) is 2. The van der Waals surface area contributed by atoms with Crippen LogP contribution in [0.4, 0.5) is 0 Å².